The van der Waals surface area contributed by atoms with Crippen LogP contribution in [0.25, 0.3) is 0 Å². The number of carbonyl (C=O) groups excluding carboxylic acids is 3. The van der Waals surface area contributed by atoms with Crippen molar-refractivity contribution < 1.29 is 19.3 Å². The Morgan fingerprint density at radius 2 is 1.48 bits per heavy atom. The molecule has 2 aromatic carbocycles. The Bertz CT molecular complexity index is 786. The van der Waals surface area contributed by atoms with E-state index < -0.39 is 28.3 Å². The molecule has 0 radical (unpaired) electrons. The van der Waals surface area contributed by atoms with Gasteiger partial charge in [-0.2, -0.15) is 0 Å². The van der Waals surface area contributed by atoms with Crippen LogP contribution in [0.2, 0.25) is 0 Å². The highest BCUT2D eigenvalue weighted by Crippen LogP contribution is 2.20. The van der Waals surface area contributed by atoms with Gasteiger partial charge in [-0.25, -0.2) is 4.90 Å². The van der Waals surface area contributed by atoms with Gasteiger partial charge in [0, 0.05) is 18.6 Å². The Kier molecular flexibility index (Phi) is 4.61. The van der Waals surface area contributed by atoms with Crippen molar-refractivity contribution in [2.45, 2.75) is 6.92 Å². The predicted molar refractivity (Wildman–Crippen MR) is 80.7 cm³/mol. The van der Waals surface area contributed by atoms with Crippen molar-refractivity contribution in [1.82, 2.24) is 4.90 Å². The van der Waals surface area contributed by atoms with Gasteiger partial charge >= 0.3 is 0 Å². The maximum Gasteiger partial charge on any atom is 0.282 e. The average Bonchev–Trinajstić information content (AvgIpc) is 2.55. The standard InChI is InChI=1S/C16H12N2O5/c1-11(19)17(15(20)12-7-3-2-4-8-12)16(21)13-9-5-6-10-14(13)18(22)23/h2-10H,1H3. The number of imide groups is 3. The molecule has 0 saturated carbocycles. The van der Waals surface area contributed by atoms with Crippen LogP contribution in [0.4, 0.5) is 5.69 Å². The van der Waals surface area contributed by atoms with Gasteiger partial charge in [-0.1, -0.05) is 30.3 Å². The van der Waals surface area contributed by atoms with E-state index in [1.165, 1.54) is 30.3 Å². The first-order valence-electron chi connectivity index (χ1n) is 6.61. The molecule has 0 spiro atoms. The second-order valence-corrected chi connectivity index (χ2v) is 4.61. The Balaban J connectivity index is 2.47. The van der Waals surface area contributed by atoms with E-state index in [-0.39, 0.29) is 11.1 Å². The summed E-state index contributed by atoms with van der Waals surface area (Å²) in [6.07, 6.45) is 0. The third-order valence-electron chi connectivity index (χ3n) is 3.07. The second kappa shape index (κ2) is 6.61. The van der Waals surface area contributed by atoms with Crippen molar-refractivity contribution in [3.8, 4) is 0 Å². The molecule has 2 rings (SSSR count). The predicted octanol–water partition coefficient (Wildman–Crippen LogP) is 2.42. The number of nitrogens with zero attached hydrogens (tertiary/aromatic N) is 2. The largest absolute Gasteiger partial charge is 0.282 e. The Hall–Kier alpha value is -3.35. The fourth-order valence-corrected chi connectivity index (χ4v) is 2.02. The zero-order valence-electron chi connectivity index (χ0n) is 12.1. The molecule has 23 heavy (non-hydrogen) atoms. The Morgan fingerprint density at radius 1 is 0.913 bits per heavy atom. The number of nitro groups is 1. The van der Waals surface area contributed by atoms with Gasteiger partial charge in [0.2, 0.25) is 5.91 Å². The molecule has 116 valence electrons. The first-order valence-corrected chi connectivity index (χ1v) is 6.61. The lowest BCUT2D eigenvalue weighted by molar-refractivity contribution is -0.385. The zero-order valence-corrected chi connectivity index (χ0v) is 12.1. The molecule has 0 heterocycles. The fraction of sp³-hybridized carbons (Fsp3) is 0.0625. The molecule has 0 aliphatic rings. The molecule has 0 aliphatic carbocycles. The minimum atomic E-state index is -1.03. The molecule has 0 bridgehead atoms. The zero-order chi connectivity index (χ0) is 17.0. The van der Waals surface area contributed by atoms with Gasteiger partial charge in [0.05, 0.1) is 4.92 Å². The van der Waals surface area contributed by atoms with Crippen LogP contribution in [0, 0.1) is 10.1 Å². The van der Waals surface area contributed by atoms with Crippen LogP contribution in [0.15, 0.2) is 54.6 Å². The van der Waals surface area contributed by atoms with Crippen molar-refractivity contribution >= 4 is 23.4 Å². The summed E-state index contributed by atoms with van der Waals surface area (Å²) >= 11 is 0. The number of rotatable bonds is 3. The normalized spacial score (nSPS) is 9.96. The molecule has 0 N–H and O–H groups in total. The van der Waals surface area contributed by atoms with E-state index >= 15 is 0 Å². The maximum atomic E-state index is 12.5. The molecular formula is C16H12N2O5. The van der Waals surface area contributed by atoms with Crippen molar-refractivity contribution in [3.05, 3.63) is 75.8 Å². The quantitative estimate of drug-likeness (QED) is 0.492. The number of nitro benzene ring substituents is 1. The van der Waals surface area contributed by atoms with Gasteiger partial charge in [-0.3, -0.25) is 24.5 Å². The van der Waals surface area contributed by atoms with Gasteiger partial charge in [0.25, 0.3) is 17.5 Å². The number of carbonyl (C=O) groups is 3. The Labute approximate surface area is 131 Å². The van der Waals surface area contributed by atoms with E-state index in [1.54, 1.807) is 18.2 Å². The highest BCUT2D eigenvalue weighted by molar-refractivity contribution is 6.21. The van der Waals surface area contributed by atoms with Crippen LogP contribution >= 0.6 is 0 Å². The monoisotopic (exact) mass is 312 g/mol. The third kappa shape index (κ3) is 3.29. The number of hydrogen-bond donors (Lipinski definition) is 0. The molecule has 0 aliphatic heterocycles. The highest BCUT2D eigenvalue weighted by atomic mass is 16.6. The van der Waals surface area contributed by atoms with Crippen LogP contribution < -0.4 is 0 Å². The lowest BCUT2D eigenvalue weighted by Gasteiger charge is -2.17. The average molecular weight is 312 g/mol. The minimum Gasteiger partial charge on any atom is -0.274 e. The molecule has 0 aromatic heterocycles. The van der Waals surface area contributed by atoms with Crippen molar-refractivity contribution in [1.29, 1.82) is 0 Å². The first kappa shape index (κ1) is 16.0. The lowest BCUT2D eigenvalue weighted by Crippen LogP contribution is -2.40. The van der Waals surface area contributed by atoms with Gasteiger partial charge in [-0.15, -0.1) is 0 Å². The lowest BCUT2D eigenvalue weighted by atomic mass is 10.1. The van der Waals surface area contributed by atoms with Crippen LogP contribution in [0.5, 0.6) is 0 Å². The third-order valence-corrected chi connectivity index (χ3v) is 3.07. The SMILES string of the molecule is CC(=O)N(C(=O)c1ccccc1)C(=O)c1ccccc1[N+](=O)[O-]. The van der Waals surface area contributed by atoms with Crippen molar-refractivity contribution in [2.75, 3.05) is 0 Å². The summed E-state index contributed by atoms with van der Waals surface area (Å²) in [4.78, 5) is 47.4. The van der Waals surface area contributed by atoms with E-state index in [0.29, 0.717) is 4.90 Å². The number of hydrogen-bond acceptors (Lipinski definition) is 5. The molecule has 7 heteroatoms. The summed E-state index contributed by atoms with van der Waals surface area (Å²) in [6.45, 7) is 1.05. The summed E-state index contributed by atoms with van der Waals surface area (Å²) in [7, 11) is 0. The summed E-state index contributed by atoms with van der Waals surface area (Å²) < 4.78 is 0. The van der Waals surface area contributed by atoms with Gasteiger partial charge in [0.15, 0.2) is 0 Å². The fourth-order valence-electron chi connectivity index (χ4n) is 2.02. The molecule has 0 saturated heterocycles. The van der Waals surface area contributed by atoms with Crippen molar-refractivity contribution in [2.24, 2.45) is 0 Å². The molecule has 0 atom stereocenters. The van der Waals surface area contributed by atoms with E-state index in [0.717, 1.165) is 13.0 Å². The number of benzene rings is 2. The molecule has 0 fully saturated rings. The molecule has 7 nitrogen and oxygen atoms in total. The van der Waals surface area contributed by atoms with Crippen LogP contribution in [-0.2, 0) is 4.79 Å². The van der Waals surface area contributed by atoms with E-state index in [4.69, 9.17) is 0 Å². The van der Waals surface area contributed by atoms with Gasteiger partial charge < -0.3 is 0 Å². The van der Waals surface area contributed by atoms with Crippen LogP contribution in [-0.4, -0.2) is 27.5 Å². The number of para-hydroxylation sites is 1. The van der Waals surface area contributed by atoms with Crippen LogP contribution in [0.3, 0.4) is 0 Å². The summed E-state index contributed by atoms with van der Waals surface area (Å²) in [5.41, 5.74) is -0.656. The Morgan fingerprint density at radius 3 is 2.04 bits per heavy atom. The van der Waals surface area contributed by atoms with E-state index in [2.05, 4.69) is 0 Å². The van der Waals surface area contributed by atoms with E-state index in [1.807, 2.05) is 0 Å². The van der Waals surface area contributed by atoms with E-state index in [9.17, 15) is 24.5 Å². The van der Waals surface area contributed by atoms with Crippen molar-refractivity contribution in [3.63, 3.8) is 0 Å². The molecular weight excluding hydrogens is 300 g/mol. The first-order chi connectivity index (χ1) is 10.9. The minimum absolute atomic E-state index is 0.134. The van der Waals surface area contributed by atoms with Gasteiger partial charge in [0.1, 0.15) is 5.56 Å². The second-order valence-electron chi connectivity index (χ2n) is 4.61. The molecule has 2 aromatic rings. The molecule has 3 amide bonds. The number of amides is 3. The summed E-state index contributed by atoms with van der Waals surface area (Å²) in [6, 6.07) is 12.9. The maximum absolute atomic E-state index is 12.5. The topological polar surface area (TPSA) is 97.6 Å². The van der Waals surface area contributed by atoms with Gasteiger partial charge in [-0.05, 0) is 18.2 Å². The molecule has 0 unspecified atom stereocenters. The highest BCUT2D eigenvalue weighted by Gasteiger charge is 2.31. The van der Waals surface area contributed by atoms with Crippen LogP contribution in [0.1, 0.15) is 27.6 Å². The summed E-state index contributed by atoms with van der Waals surface area (Å²) in [5, 5.41) is 11.0. The summed E-state index contributed by atoms with van der Waals surface area (Å²) in [5.74, 6) is -2.68. The smallest absolute Gasteiger partial charge is 0.274 e.